The molecular weight excluding hydrogens is 419 g/mol. The zero-order chi connectivity index (χ0) is 21.7. The van der Waals surface area contributed by atoms with Crippen molar-refractivity contribution in [3.05, 3.63) is 23.0 Å². The molecule has 0 aliphatic heterocycles. The van der Waals surface area contributed by atoms with Gasteiger partial charge in [0.25, 0.3) is 5.91 Å². The monoisotopic (exact) mass is 445 g/mol. The van der Waals surface area contributed by atoms with Crippen molar-refractivity contribution >= 4 is 21.1 Å². The van der Waals surface area contributed by atoms with E-state index in [0.717, 1.165) is 25.7 Å². The minimum absolute atomic E-state index is 0.0123. The molecule has 4 rings (SSSR count). The topological polar surface area (TPSA) is 72.5 Å². The summed E-state index contributed by atoms with van der Waals surface area (Å²) >= 11 is 0. The third kappa shape index (κ3) is 4.60. The zero-order valence-electron chi connectivity index (χ0n) is 16.8. The molecule has 0 aromatic carbocycles. The normalized spacial score (nSPS) is 28.1. The van der Waals surface area contributed by atoms with Crippen LogP contribution in [-0.4, -0.2) is 43.9 Å². The highest BCUT2D eigenvalue weighted by atomic mass is 32.2. The number of carbonyl (C=O) groups excluding carboxylic acids is 1. The number of halogens is 3. The molecule has 166 valence electrons. The number of amides is 1. The summed E-state index contributed by atoms with van der Waals surface area (Å²) in [5.74, 6) is -3.31. The van der Waals surface area contributed by atoms with E-state index in [1.807, 2.05) is 6.92 Å². The summed E-state index contributed by atoms with van der Waals surface area (Å²) in [6.07, 6.45) is 2.58. The van der Waals surface area contributed by atoms with Crippen LogP contribution in [0.15, 0.2) is 23.0 Å². The molecule has 5 nitrogen and oxygen atoms in total. The quantitative estimate of drug-likeness (QED) is 0.636. The van der Waals surface area contributed by atoms with Gasteiger partial charge in [0.05, 0.1) is 12.2 Å². The number of nitrogens with one attached hydrogen (secondary N) is 1. The van der Waals surface area contributed by atoms with Crippen LogP contribution in [0.3, 0.4) is 0 Å². The molecule has 1 N–H and O–H groups in total. The maximum Gasteiger partial charge on any atom is 0.250 e. The SMILES string of the molecule is CC1(COC2=C(C3CC3)C=C(C(=O)NC3CC3)C(F)C2=S(=O)=O)CCC(F)(F)CC1. The Bertz CT molecular complexity index is 927. The van der Waals surface area contributed by atoms with Crippen molar-refractivity contribution in [2.75, 3.05) is 6.61 Å². The molecule has 0 saturated heterocycles. The molecule has 0 aromatic rings. The van der Waals surface area contributed by atoms with Gasteiger partial charge in [0.15, 0.2) is 11.0 Å². The van der Waals surface area contributed by atoms with E-state index < -0.39 is 38.6 Å². The lowest BCUT2D eigenvalue weighted by Gasteiger charge is -2.37. The van der Waals surface area contributed by atoms with Gasteiger partial charge in [0.1, 0.15) is 5.76 Å². The first-order chi connectivity index (χ1) is 14.1. The molecule has 1 atom stereocenters. The molecule has 0 heterocycles. The molecule has 9 heteroatoms. The van der Waals surface area contributed by atoms with E-state index in [2.05, 4.69) is 5.32 Å². The number of carbonyl (C=O) groups is 1. The summed E-state index contributed by atoms with van der Waals surface area (Å²) in [7, 11) is -2.92. The molecule has 0 radical (unpaired) electrons. The first kappa shape index (κ1) is 21.5. The lowest BCUT2D eigenvalue weighted by atomic mass is 9.75. The van der Waals surface area contributed by atoms with Crippen molar-refractivity contribution in [1.82, 2.24) is 5.32 Å². The first-order valence-corrected chi connectivity index (χ1v) is 11.5. The number of ether oxygens (including phenoxy) is 1. The average molecular weight is 446 g/mol. The van der Waals surface area contributed by atoms with Gasteiger partial charge in [0.2, 0.25) is 16.2 Å². The van der Waals surface area contributed by atoms with Crippen LogP contribution in [-0.2, 0) is 19.8 Å². The molecular formula is C21H26F3NO4S. The molecule has 4 aliphatic rings. The summed E-state index contributed by atoms with van der Waals surface area (Å²) in [6, 6.07) is 0.0159. The smallest absolute Gasteiger partial charge is 0.250 e. The average Bonchev–Trinajstić information content (AvgIpc) is 3.57. The van der Waals surface area contributed by atoms with E-state index in [-0.39, 0.29) is 55.6 Å². The fourth-order valence-corrected chi connectivity index (χ4v) is 4.63. The summed E-state index contributed by atoms with van der Waals surface area (Å²) in [5.41, 5.74) is -0.231. The predicted molar refractivity (Wildman–Crippen MR) is 105 cm³/mol. The molecule has 0 aromatic heterocycles. The Morgan fingerprint density at radius 1 is 1.17 bits per heavy atom. The Morgan fingerprint density at radius 3 is 2.33 bits per heavy atom. The van der Waals surface area contributed by atoms with E-state index >= 15 is 4.39 Å². The summed E-state index contributed by atoms with van der Waals surface area (Å²) in [5, 5.41) is 2.71. The van der Waals surface area contributed by atoms with E-state index in [4.69, 9.17) is 4.74 Å². The van der Waals surface area contributed by atoms with Crippen molar-refractivity contribution in [2.45, 2.75) is 76.4 Å². The van der Waals surface area contributed by atoms with Crippen LogP contribution in [0.4, 0.5) is 13.2 Å². The number of allylic oxidation sites excluding steroid dienone is 3. The summed E-state index contributed by atoms with van der Waals surface area (Å²) in [6.45, 7) is 1.85. The van der Waals surface area contributed by atoms with Crippen LogP contribution in [0.25, 0.3) is 0 Å². The Morgan fingerprint density at radius 2 is 1.80 bits per heavy atom. The zero-order valence-corrected chi connectivity index (χ0v) is 17.7. The van der Waals surface area contributed by atoms with Crippen LogP contribution in [0.5, 0.6) is 0 Å². The standard InChI is InChI=1S/C21H26F3NO4S/c1-20(6-8-21(23,24)9-7-20)11-29-17-14(12-2-3-12)10-15(16(22)18(17)30(27)28)19(26)25-13-4-5-13/h10,12-13,16H,2-9,11H2,1H3,(H,25,26). The molecule has 1 amide bonds. The molecule has 0 bridgehead atoms. The predicted octanol–water partition coefficient (Wildman–Crippen LogP) is 3.49. The molecule has 30 heavy (non-hydrogen) atoms. The summed E-state index contributed by atoms with van der Waals surface area (Å²) in [4.78, 5) is 11.9. The van der Waals surface area contributed by atoms with Crippen LogP contribution < -0.4 is 5.32 Å². The van der Waals surface area contributed by atoms with Crippen LogP contribution in [0.1, 0.15) is 58.3 Å². The van der Waals surface area contributed by atoms with Gasteiger partial charge in [-0.3, -0.25) is 4.79 Å². The van der Waals surface area contributed by atoms with E-state index in [0.29, 0.717) is 5.57 Å². The Labute approximate surface area is 175 Å². The second-order valence-corrected chi connectivity index (χ2v) is 10.2. The fraction of sp³-hybridized carbons (Fsp3) is 0.714. The van der Waals surface area contributed by atoms with Crippen molar-refractivity contribution < 1.29 is 31.1 Å². The third-order valence-corrected chi connectivity index (χ3v) is 7.18. The highest BCUT2D eigenvalue weighted by Gasteiger charge is 2.44. The molecule has 0 spiro atoms. The van der Waals surface area contributed by atoms with Crippen molar-refractivity contribution in [3.63, 3.8) is 0 Å². The van der Waals surface area contributed by atoms with E-state index in [9.17, 15) is 22.0 Å². The largest absolute Gasteiger partial charge is 0.491 e. The van der Waals surface area contributed by atoms with Gasteiger partial charge in [-0.15, -0.1) is 0 Å². The maximum atomic E-state index is 15.2. The third-order valence-electron chi connectivity index (χ3n) is 6.43. The molecule has 1 unspecified atom stereocenters. The Hall–Kier alpha value is -1.77. The first-order valence-electron chi connectivity index (χ1n) is 10.5. The van der Waals surface area contributed by atoms with Crippen LogP contribution in [0.2, 0.25) is 0 Å². The van der Waals surface area contributed by atoms with Gasteiger partial charge < -0.3 is 10.1 Å². The Balaban J connectivity index is 1.62. The van der Waals surface area contributed by atoms with Crippen molar-refractivity contribution in [1.29, 1.82) is 0 Å². The number of hydrogen-bond donors (Lipinski definition) is 1. The second kappa shape index (κ2) is 7.73. The van der Waals surface area contributed by atoms with Gasteiger partial charge >= 0.3 is 0 Å². The van der Waals surface area contributed by atoms with Crippen molar-refractivity contribution in [3.8, 4) is 0 Å². The van der Waals surface area contributed by atoms with Gasteiger partial charge in [-0.25, -0.2) is 13.2 Å². The Kier molecular flexibility index (Phi) is 5.53. The van der Waals surface area contributed by atoms with Gasteiger partial charge in [-0.1, -0.05) is 6.92 Å². The molecule has 4 aliphatic carbocycles. The fourth-order valence-electron chi connectivity index (χ4n) is 4.00. The highest BCUT2D eigenvalue weighted by Crippen LogP contribution is 2.46. The second-order valence-electron chi connectivity index (χ2n) is 9.32. The minimum Gasteiger partial charge on any atom is -0.491 e. The van der Waals surface area contributed by atoms with Crippen molar-refractivity contribution in [2.24, 2.45) is 11.3 Å². The van der Waals surface area contributed by atoms with Gasteiger partial charge in [-0.2, -0.15) is 8.42 Å². The van der Waals surface area contributed by atoms with Crippen LogP contribution in [0, 0.1) is 11.3 Å². The van der Waals surface area contributed by atoms with Crippen LogP contribution >= 0.6 is 0 Å². The minimum atomic E-state index is -2.92. The van der Waals surface area contributed by atoms with Gasteiger partial charge in [0, 0.05) is 24.3 Å². The van der Waals surface area contributed by atoms with E-state index in [1.54, 1.807) is 0 Å². The van der Waals surface area contributed by atoms with E-state index in [1.165, 1.54) is 6.08 Å². The molecule has 3 fully saturated rings. The number of alkyl halides is 3. The number of rotatable bonds is 6. The van der Waals surface area contributed by atoms with Gasteiger partial charge in [-0.05, 0) is 56.1 Å². The lowest BCUT2D eigenvalue weighted by Crippen LogP contribution is -2.39. The highest BCUT2D eigenvalue weighted by molar-refractivity contribution is 7.73. The number of hydrogen-bond acceptors (Lipinski definition) is 4. The lowest BCUT2D eigenvalue weighted by molar-refractivity contribution is -0.118. The molecule has 3 saturated carbocycles. The summed E-state index contributed by atoms with van der Waals surface area (Å²) < 4.78 is 72.0. The maximum absolute atomic E-state index is 15.2.